The van der Waals surface area contributed by atoms with Gasteiger partial charge < -0.3 is 9.13 Å². The van der Waals surface area contributed by atoms with E-state index in [0.29, 0.717) is 5.92 Å². The Kier molecular flexibility index (Phi) is 12.3. The summed E-state index contributed by atoms with van der Waals surface area (Å²) in [5.74, 6) is 0.386. The normalized spacial score (nSPS) is 16.1. The Morgan fingerprint density at radius 3 is 1.30 bits per heavy atom. The highest BCUT2D eigenvalue weighted by Gasteiger charge is 2.48. The predicted octanol–water partition coefficient (Wildman–Crippen LogP) is 22.4. The van der Waals surface area contributed by atoms with Crippen molar-refractivity contribution in [3.05, 3.63) is 347 Å². The van der Waals surface area contributed by atoms with Crippen LogP contribution < -0.4 is 0 Å². The largest absolute Gasteiger partial charge is 0.309 e. The van der Waals surface area contributed by atoms with Gasteiger partial charge in [0, 0.05) is 38.3 Å². The van der Waals surface area contributed by atoms with Gasteiger partial charge in [0.1, 0.15) is 0 Å². The van der Waals surface area contributed by atoms with Gasteiger partial charge in [-0.2, -0.15) is 0 Å². The van der Waals surface area contributed by atoms with Gasteiger partial charge in [-0.25, -0.2) is 0 Å². The van der Waals surface area contributed by atoms with Gasteiger partial charge in [-0.05, 0) is 198 Å². The van der Waals surface area contributed by atoms with Gasteiger partial charge >= 0.3 is 0 Å². The molecule has 0 fully saturated rings. The van der Waals surface area contributed by atoms with Crippen molar-refractivity contribution in [3.8, 4) is 55.9 Å². The molecule has 0 aliphatic heterocycles. The van der Waals surface area contributed by atoms with E-state index in [0.717, 1.165) is 19.3 Å². The molecule has 2 nitrogen and oxygen atoms in total. The fraction of sp³-hybridized carbons (Fsp3) is 0.0698. The first-order chi connectivity index (χ1) is 43.5. The Balaban J connectivity index is 0.605. The zero-order valence-electron chi connectivity index (χ0n) is 49.1. The second kappa shape index (κ2) is 21.0. The van der Waals surface area contributed by atoms with E-state index in [1.165, 1.54) is 155 Å². The summed E-state index contributed by atoms with van der Waals surface area (Å²) in [4.78, 5) is 0. The number of benzene rings is 12. The molecule has 2 heteroatoms. The maximum Gasteiger partial charge on any atom is 0.0541 e. The third kappa shape index (κ3) is 8.62. The average Bonchev–Trinajstić information content (AvgIpc) is 1.77. The Morgan fingerprint density at radius 2 is 0.761 bits per heavy atom. The standard InChI is InChI=1S/C86H62N2/c1-57-52-66(41-40-61(57)33-26-60-31-36-63(37-32-60)68-45-49-85-78(54-68)76-20-10-13-23-83(76)88(85)72-17-6-3-7-18-72)70-43-47-74-73-46-42-69(55-80(73)86(81(74)56-70)51-50-65-14-8-11-21-79(65)86)64-38-29-59(30-39-64)25-24-58-27-34-62(35-28-58)67-44-48-84-77(53-67)75-19-9-12-22-82(75)87(84)71-15-4-2-5-16-71/h2-49,53-57H,50-52H2,1H3/b25-24+,33-26+/t57-,86?/m1/s1. The highest BCUT2D eigenvalue weighted by molar-refractivity contribution is 6.11. The summed E-state index contributed by atoms with van der Waals surface area (Å²) in [6.45, 7) is 2.38. The molecule has 3 aliphatic carbocycles. The maximum atomic E-state index is 2.56. The van der Waals surface area contributed by atoms with Crippen LogP contribution in [-0.2, 0) is 11.8 Å². The van der Waals surface area contributed by atoms with Crippen LogP contribution >= 0.6 is 0 Å². The van der Waals surface area contributed by atoms with Crippen LogP contribution in [0, 0.1) is 5.92 Å². The molecule has 12 aromatic carbocycles. The molecule has 88 heavy (non-hydrogen) atoms. The van der Waals surface area contributed by atoms with Crippen LogP contribution in [0.5, 0.6) is 0 Å². The molecular weight excluding hydrogens is 1060 g/mol. The Morgan fingerprint density at radius 1 is 0.341 bits per heavy atom. The van der Waals surface area contributed by atoms with Crippen LogP contribution in [0.25, 0.3) is 123 Å². The number of hydrogen-bond acceptors (Lipinski definition) is 0. The third-order valence-electron chi connectivity index (χ3n) is 19.5. The number of allylic oxidation sites excluding steroid dienone is 5. The lowest BCUT2D eigenvalue weighted by Crippen LogP contribution is -2.23. The predicted molar refractivity (Wildman–Crippen MR) is 372 cm³/mol. The summed E-state index contributed by atoms with van der Waals surface area (Å²) >= 11 is 0. The highest BCUT2D eigenvalue weighted by Crippen LogP contribution is 2.59. The van der Waals surface area contributed by atoms with Gasteiger partial charge in [-0.3, -0.25) is 0 Å². The lowest BCUT2D eigenvalue weighted by Gasteiger charge is -2.30. The summed E-state index contributed by atoms with van der Waals surface area (Å²) in [6.07, 6.45) is 16.9. The molecule has 0 saturated heterocycles. The first kappa shape index (κ1) is 51.6. The van der Waals surface area contributed by atoms with Gasteiger partial charge in [-0.1, -0.05) is 250 Å². The van der Waals surface area contributed by atoms with Crippen LogP contribution in [-0.4, -0.2) is 9.13 Å². The van der Waals surface area contributed by atoms with Crippen molar-refractivity contribution in [1.82, 2.24) is 9.13 Å². The quantitative estimate of drug-likeness (QED) is 0.121. The van der Waals surface area contributed by atoms with E-state index in [9.17, 15) is 0 Å². The van der Waals surface area contributed by atoms with Gasteiger partial charge in [0.15, 0.2) is 0 Å². The first-order valence-electron chi connectivity index (χ1n) is 31.1. The molecule has 0 amide bonds. The number of nitrogens with zero attached hydrogens (tertiary/aromatic N) is 2. The highest BCUT2D eigenvalue weighted by atomic mass is 15.0. The number of aryl methyl sites for hydroxylation is 1. The smallest absolute Gasteiger partial charge is 0.0541 e. The molecule has 0 bridgehead atoms. The molecule has 416 valence electrons. The molecule has 0 N–H and O–H groups in total. The fourth-order valence-corrected chi connectivity index (χ4v) is 15.0. The molecule has 2 heterocycles. The van der Waals surface area contributed by atoms with Gasteiger partial charge in [0.25, 0.3) is 0 Å². The van der Waals surface area contributed by atoms with Crippen molar-refractivity contribution in [2.45, 2.75) is 31.6 Å². The monoisotopic (exact) mass is 1120 g/mol. The Hall–Kier alpha value is -10.8. The van der Waals surface area contributed by atoms with Gasteiger partial charge in [0.05, 0.1) is 22.1 Å². The van der Waals surface area contributed by atoms with E-state index in [-0.39, 0.29) is 5.41 Å². The van der Waals surface area contributed by atoms with Crippen molar-refractivity contribution in [2.75, 3.05) is 0 Å². The van der Waals surface area contributed by atoms with Gasteiger partial charge in [-0.15, -0.1) is 0 Å². The van der Waals surface area contributed by atoms with E-state index in [1.807, 2.05) is 0 Å². The molecule has 2 aromatic heterocycles. The summed E-state index contributed by atoms with van der Waals surface area (Å²) in [6, 6.07) is 104. The lowest BCUT2D eigenvalue weighted by atomic mass is 9.72. The van der Waals surface area contributed by atoms with E-state index in [2.05, 4.69) is 332 Å². The van der Waals surface area contributed by atoms with Gasteiger partial charge in [0.2, 0.25) is 0 Å². The molecule has 1 unspecified atom stereocenters. The van der Waals surface area contributed by atoms with Crippen molar-refractivity contribution in [2.24, 2.45) is 5.92 Å². The number of para-hydroxylation sites is 4. The van der Waals surface area contributed by atoms with Crippen molar-refractivity contribution >= 4 is 67.4 Å². The summed E-state index contributed by atoms with van der Waals surface area (Å²) in [7, 11) is 0. The lowest BCUT2D eigenvalue weighted by molar-refractivity contribution is 0.626. The maximum absolute atomic E-state index is 2.56. The Bertz CT molecular complexity index is 5200. The minimum atomic E-state index is -0.198. The molecule has 0 radical (unpaired) electrons. The van der Waals surface area contributed by atoms with E-state index in [4.69, 9.17) is 0 Å². The average molecular weight is 1120 g/mol. The third-order valence-corrected chi connectivity index (χ3v) is 19.5. The van der Waals surface area contributed by atoms with E-state index in [1.54, 1.807) is 0 Å². The minimum absolute atomic E-state index is 0.198. The summed E-state index contributed by atoms with van der Waals surface area (Å²) < 4.78 is 4.75. The van der Waals surface area contributed by atoms with Crippen LogP contribution in [0.4, 0.5) is 0 Å². The molecule has 14 aromatic rings. The number of aromatic nitrogens is 2. The topological polar surface area (TPSA) is 9.86 Å². The van der Waals surface area contributed by atoms with Crippen molar-refractivity contribution in [3.63, 3.8) is 0 Å². The minimum Gasteiger partial charge on any atom is -0.309 e. The second-order valence-electron chi connectivity index (χ2n) is 24.4. The molecular formula is C86H62N2. The second-order valence-corrected chi connectivity index (χ2v) is 24.4. The molecule has 1 spiro atoms. The molecule has 3 aliphatic rings. The molecule has 2 atom stereocenters. The van der Waals surface area contributed by atoms with E-state index >= 15 is 0 Å². The summed E-state index contributed by atoms with van der Waals surface area (Å²) in [5.41, 5.74) is 30.6. The Labute approximate surface area is 514 Å². The zero-order chi connectivity index (χ0) is 58.3. The van der Waals surface area contributed by atoms with Crippen LogP contribution in [0.3, 0.4) is 0 Å². The number of fused-ring (bicyclic) bond motifs is 13. The van der Waals surface area contributed by atoms with Crippen molar-refractivity contribution < 1.29 is 0 Å². The van der Waals surface area contributed by atoms with Crippen LogP contribution in [0.2, 0.25) is 0 Å². The molecule has 17 rings (SSSR count). The number of hydrogen-bond donors (Lipinski definition) is 0. The summed E-state index contributed by atoms with van der Waals surface area (Å²) in [5, 5.41) is 5.07. The first-order valence-corrected chi connectivity index (χ1v) is 31.1. The number of rotatable bonds is 10. The fourth-order valence-electron chi connectivity index (χ4n) is 15.0. The zero-order valence-corrected chi connectivity index (χ0v) is 49.1. The van der Waals surface area contributed by atoms with Crippen LogP contribution in [0.1, 0.15) is 64.3 Å². The van der Waals surface area contributed by atoms with E-state index < -0.39 is 0 Å². The SMILES string of the molecule is C[C@@H]1CC(c2ccc3c(c2)C2(CCc4ccccc42)c2cc(-c4ccc(/C=C/c5ccc(-c6ccc7c(c6)c6ccccc6n7-c6ccccc6)cc5)cc4)ccc2-3)=CC=C1/C=C/c1ccc(-c2ccc3c(c2)c2ccccc2n3-c2ccccc2)cc1. The van der Waals surface area contributed by atoms with Crippen molar-refractivity contribution in [1.29, 1.82) is 0 Å². The molecule has 0 saturated carbocycles. The van der Waals surface area contributed by atoms with Crippen LogP contribution in [0.15, 0.2) is 303 Å².